The van der Waals surface area contributed by atoms with Gasteiger partial charge < -0.3 is 10.6 Å². The van der Waals surface area contributed by atoms with Gasteiger partial charge in [-0.2, -0.15) is 0 Å². The quantitative estimate of drug-likeness (QED) is 0.662. The number of aromatic nitrogens is 1. The van der Waals surface area contributed by atoms with E-state index in [1.807, 2.05) is 48.5 Å². The lowest BCUT2D eigenvalue weighted by molar-refractivity contribution is -0.123. The second-order valence-electron chi connectivity index (χ2n) is 7.42. The fourth-order valence-corrected chi connectivity index (χ4v) is 4.39. The maximum absolute atomic E-state index is 13.7. The van der Waals surface area contributed by atoms with Gasteiger partial charge in [-0.15, -0.1) is 0 Å². The summed E-state index contributed by atoms with van der Waals surface area (Å²) in [4.78, 5) is 32.1. The summed E-state index contributed by atoms with van der Waals surface area (Å²) in [6, 6.07) is 17.1. The SMILES string of the molecule is NC(=O)[C@@H](c1ccccc1)N(C(=O)c1cccnc1)[C@@H]1CCCc2ccc(Cl)cc21. The highest BCUT2D eigenvalue weighted by Crippen LogP contribution is 2.40. The number of pyridine rings is 1. The lowest BCUT2D eigenvalue weighted by atomic mass is 9.85. The number of benzene rings is 2. The highest BCUT2D eigenvalue weighted by molar-refractivity contribution is 6.30. The van der Waals surface area contributed by atoms with Gasteiger partial charge in [-0.3, -0.25) is 14.6 Å². The molecule has 4 rings (SSSR count). The molecule has 6 heteroatoms. The van der Waals surface area contributed by atoms with Gasteiger partial charge in [0.2, 0.25) is 5.91 Å². The molecule has 0 unspecified atom stereocenters. The van der Waals surface area contributed by atoms with Crippen LogP contribution in [0.25, 0.3) is 0 Å². The van der Waals surface area contributed by atoms with Gasteiger partial charge in [-0.1, -0.05) is 48.0 Å². The van der Waals surface area contributed by atoms with Gasteiger partial charge in [-0.25, -0.2) is 0 Å². The van der Waals surface area contributed by atoms with Crippen molar-refractivity contribution in [3.05, 3.63) is 100 Å². The first-order chi connectivity index (χ1) is 14.6. The van der Waals surface area contributed by atoms with Crippen molar-refractivity contribution in [2.24, 2.45) is 5.73 Å². The number of carbonyl (C=O) groups excluding carboxylic acids is 2. The van der Waals surface area contributed by atoms with Crippen molar-refractivity contribution >= 4 is 23.4 Å². The van der Waals surface area contributed by atoms with Crippen LogP contribution in [-0.4, -0.2) is 21.7 Å². The Kier molecular flexibility index (Phi) is 5.81. The van der Waals surface area contributed by atoms with Crippen LogP contribution < -0.4 is 5.73 Å². The summed E-state index contributed by atoms with van der Waals surface area (Å²) in [5.41, 5.74) is 9.06. The molecule has 2 aromatic carbocycles. The van der Waals surface area contributed by atoms with E-state index in [4.69, 9.17) is 17.3 Å². The molecule has 0 saturated carbocycles. The number of halogens is 1. The molecule has 2 amide bonds. The van der Waals surface area contributed by atoms with Crippen LogP contribution >= 0.6 is 11.6 Å². The minimum Gasteiger partial charge on any atom is -0.368 e. The van der Waals surface area contributed by atoms with Crippen LogP contribution in [0.15, 0.2) is 73.1 Å². The van der Waals surface area contributed by atoms with Crippen molar-refractivity contribution in [1.82, 2.24) is 9.88 Å². The van der Waals surface area contributed by atoms with Gasteiger partial charge >= 0.3 is 0 Å². The molecule has 1 aromatic heterocycles. The van der Waals surface area contributed by atoms with Gasteiger partial charge in [0.25, 0.3) is 5.91 Å². The first-order valence-corrected chi connectivity index (χ1v) is 10.3. The molecule has 2 N–H and O–H groups in total. The summed E-state index contributed by atoms with van der Waals surface area (Å²) in [5.74, 6) is -0.860. The van der Waals surface area contributed by atoms with Gasteiger partial charge in [-0.05, 0) is 60.2 Å². The lowest BCUT2D eigenvalue weighted by Crippen LogP contribution is -2.45. The molecule has 0 fully saturated rings. The summed E-state index contributed by atoms with van der Waals surface area (Å²) < 4.78 is 0. The molecule has 5 nitrogen and oxygen atoms in total. The molecule has 0 aliphatic heterocycles. The molecule has 1 aliphatic rings. The van der Waals surface area contributed by atoms with Gasteiger partial charge in [0.05, 0.1) is 11.6 Å². The molecular formula is C24H22ClN3O2. The second-order valence-corrected chi connectivity index (χ2v) is 7.86. The van der Waals surface area contributed by atoms with Crippen molar-refractivity contribution in [3.63, 3.8) is 0 Å². The average Bonchev–Trinajstić information content (AvgIpc) is 2.77. The Balaban J connectivity index is 1.88. The number of hydrogen-bond acceptors (Lipinski definition) is 3. The van der Waals surface area contributed by atoms with Crippen molar-refractivity contribution in [1.29, 1.82) is 0 Å². The molecule has 3 aromatic rings. The lowest BCUT2D eigenvalue weighted by Gasteiger charge is -2.40. The van der Waals surface area contributed by atoms with Crippen LogP contribution in [0.5, 0.6) is 0 Å². The minimum absolute atomic E-state index is 0.284. The van der Waals surface area contributed by atoms with Crippen LogP contribution in [0.3, 0.4) is 0 Å². The third-order valence-electron chi connectivity index (χ3n) is 5.53. The standard InChI is InChI=1S/C24H22ClN3O2/c25-19-12-11-16-8-4-10-21(20(16)14-19)28(24(30)18-9-5-13-27-15-18)22(23(26)29)17-6-2-1-3-7-17/h1-3,5-7,9,11-15,21-22H,4,8,10H2,(H2,26,29)/t21-,22-/m1/s1. The number of primary amides is 1. The predicted molar refractivity (Wildman–Crippen MR) is 116 cm³/mol. The highest BCUT2D eigenvalue weighted by Gasteiger charge is 2.38. The van der Waals surface area contributed by atoms with E-state index < -0.39 is 11.9 Å². The van der Waals surface area contributed by atoms with E-state index >= 15 is 0 Å². The Morgan fingerprint density at radius 2 is 1.90 bits per heavy atom. The zero-order chi connectivity index (χ0) is 21.1. The zero-order valence-electron chi connectivity index (χ0n) is 16.4. The number of carbonyl (C=O) groups is 2. The molecule has 0 saturated heterocycles. The summed E-state index contributed by atoms with van der Waals surface area (Å²) in [7, 11) is 0. The Hall–Kier alpha value is -3.18. The molecular weight excluding hydrogens is 398 g/mol. The zero-order valence-corrected chi connectivity index (χ0v) is 17.1. The van der Waals surface area contributed by atoms with Crippen molar-refractivity contribution in [2.45, 2.75) is 31.3 Å². The molecule has 30 heavy (non-hydrogen) atoms. The molecule has 1 heterocycles. The van der Waals surface area contributed by atoms with E-state index in [0.29, 0.717) is 16.1 Å². The second kappa shape index (κ2) is 8.67. The summed E-state index contributed by atoms with van der Waals surface area (Å²) in [6.45, 7) is 0. The molecule has 0 bridgehead atoms. The number of nitrogens with two attached hydrogens (primary N) is 1. The van der Waals surface area contributed by atoms with Crippen LogP contribution in [0.4, 0.5) is 0 Å². The van der Waals surface area contributed by atoms with E-state index in [-0.39, 0.29) is 11.9 Å². The molecule has 0 spiro atoms. The van der Waals surface area contributed by atoms with Gasteiger partial charge in [0.1, 0.15) is 6.04 Å². The number of nitrogens with zero attached hydrogens (tertiary/aromatic N) is 2. The van der Waals surface area contributed by atoms with E-state index in [1.165, 1.54) is 6.20 Å². The third-order valence-corrected chi connectivity index (χ3v) is 5.77. The maximum atomic E-state index is 13.7. The normalized spacial score (nSPS) is 16.4. The summed E-state index contributed by atoms with van der Waals surface area (Å²) >= 11 is 6.30. The predicted octanol–water partition coefficient (Wildman–Crippen LogP) is 4.48. The minimum atomic E-state index is -0.908. The molecule has 152 valence electrons. The summed E-state index contributed by atoms with van der Waals surface area (Å²) in [5, 5.41) is 0.602. The van der Waals surface area contributed by atoms with Crippen molar-refractivity contribution in [2.75, 3.05) is 0 Å². The smallest absolute Gasteiger partial charge is 0.256 e. The molecule has 0 radical (unpaired) electrons. The van der Waals surface area contributed by atoms with Crippen LogP contribution in [0.1, 0.15) is 52.0 Å². The van der Waals surface area contributed by atoms with Crippen LogP contribution in [-0.2, 0) is 11.2 Å². The van der Waals surface area contributed by atoms with Crippen molar-refractivity contribution < 1.29 is 9.59 Å². The largest absolute Gasteiger partial charge is 0.368 e. The maximum Gasteiger partial charge on any atom is 0.256 e. The Morgan fingerprint density at radius 3 is 2.60 bits per heavy atom. The van der Waals surface area contributed by atoms with E-state index in [2.05, 4.69) is 4.98 Å². The number of hydrogen-bond donors (Lipinski definition) is 1. The molecule has 2 atom stereocenters. The monoisotopic (exact) mass is 419 g/mol. The van der Waals surface area contributed by atoms with Crippen molar-refractivity contribution in [3.8, 4) is 0 Å². The number of amides is 2. The number of fused-ring (bicyclic) bond motifs is 1. The first-order valence-electron chi connectivity index (χ1n) is 9.91. The van der Waals surface area contributed by atoms with Crippen LogP contribution in [0.2, 0.25) is 5.02 Å². The fourth-order valence-electron chi connectivity index (χ4n) is 4.21. The Labute approximate surface area is 180 Å². The van der Waals surface area contributed by atoms with Crippen LogP contribution in [0, 0.1) is 0 Å². The number of aryl methyl sites for hydroxylation is 1. The fraction of sp³-hybridized carbons (Fsp3) is 0.208. The topological polar surface area (TPSA) is 76.3 Å². The first kappa shape index (κ1) is 20.1. The number of rotatable bonds is 5. The van der Waals surface area contributed by atoms with E-state index in [1.54, 1.807) is 23.2 Å². The third kappa shape index (κ3) is 3.94. The Bertz CT molecular complexity index is 1060. The summed E-state index contributed by atoms with van der Waals surface area (Å²) in [6.07, 6.45) is 5.65. The Morgan fingerprint density at radius 1 is 1.10 bits per heavy atom. The molecule has 1 aliphatic carbocycles. The van der Waals surface area contributed by atoms with E-state index in [0.717, 1.165) is 30.4 Å². The average molecular weight is 420 g/mol. The van der Waals surface area contributed by atoms with E-state index in [9.17, 15) is 9.59 Å². The van der Waals surface area contributed by atoms with Gasteiger partial charge in [0, 0.05) is 17.4 Å². The highest BCUT2D eigenvalue weighted by atomic mass is 35.5. The van der Waals surface area contributed by atoms with Gasteiger partial charge in [0.15, 0.2) is 0 Å².